The van der Waals surface area contributed by atoms with Gasteiger partial charge in [0.15, 0.2) is 5.00 Å². The molecular weight excluding hydrogens is 328 g/mol. The molecule has 0 fully saturated rings. The number of nitrogens with one attached hydrogen (secondary N) is 2. The molecule has 0 spiro atoms. The summed E-state index contributed by atoms with van der Waals surface area (Å²) in [4.78, 5) is 10.0. The minimum Gasteiger partial charge on any atom is -0.310 e. The molecule has 0 bridgehead atoms. The summed E-state index contributed by atoms with van der Waals surface area (Å²) in [6.45, 7) is 1.60. The van der Waals surface area contributed by atoms with Gasteiger partial charge < -0.3 is 5.43 Å². The minimum absolute atomic E-state index is 0.0253. The molecule has 0 saturated carbocycles. The lowest BCUT2D eigenvalue weighted by molar-refractivity contribution is -0.383. The van der Waals surface area contributed by atoms with Gasteiger partial charge in [-0.25, -0.2) is 19.0 Å². The van der Waals surface area contributed by atoms with Gasteiger partial charge in [-0.05, 0) is 6.92 Å². The van der Waals surface area contributed by atoms with E-state index in [0.717, 1.165) is 6.07 Å². The minimum atomic E-state index is -3.90. The van der Waals surface area contributed by atoms with E-state index in [1.165, 1.54) is 6.26 Å². The SMILES string of the molecule is CC(CNS(=O)(=O)c1cc([N+](=O)[O-])c(NN)s1)S(C)=O. The Morgan fingerprint density at radius 1 is 1.60 bits per heavy atom. The van der Waals surface area contributed by atoms with Gasteiger partial charge in [-0.15, -0.1) is 0 Å². The van der Waals surface area contributed by atoms with Crippen molar-refractivity contribution in [2.75, 3.05) is 18.2 Å². The maximum atomic E-state index is 12.0. The lowest BCUT2D eigenvalue weighted by atomic mass is 10.5. The Labute approximate surface area is 122 Å². The van der Waals surface area contributed by atoms with Crippen LogP contribution in [0.4, 0.5) is 10.7 Å². The Bertz CT molecular complexity index is 626. The number of thiophene rings is 1. The van der Waals surface area contributed by atoms with Crippen molar-refractivity contribution in [1.29, 1.82) is 0 Å². The van der Waals surface area contributed by atoms with E-state index < -0.39 is 31.4 Å². The first-order chi connectivity index (χ1) is 9.19. The molecule has 9 nitrogen and oxygen atoms in total. The van der Waals surface area contributed by atoms with Crippen LogP contribution in [0.3, 0.4) is 0 Å². The molecule has 1 rings (SSSR count). The molecule has 114 valence electrons. The zero-order chi connectivity index (χ0) is 15.5. The molecule has 0 saturated heterocycles. The van der Waals surface area contributed by atoms with E-state index in [9.17, 15) is 22.7 Å². The number of rotatable bonds is 7. The van der Waals surface area contributed by atoms with Crippen LogP contribution in [0, 0.1) is 10.1 Å². The van der Waals surface area contributed by atoms with E-state index in [2.05, 4.69) is 10.1 Å². The van der Waals surface area contributed by atoms with Gasteiger partial charge in [-0.2, -0.15) is 0 Å². The molecule has 0 aliphatic carbocycles. The molecule has 20 heavy (non-hydrogen) atoms. The van der Waals surface area contributed by atoms with Crippen LogP contribution >= 0.6 is 11.3 Å². The summed E-state index contributed by atoms with van der Waals surface area (Å²) in [6.07, 6.45) is 1.46. The summed E-state index contributed by atoms with van der Waals surface area (Å²) in [5.74, 6) is 5.11. The Hall–Kier alpha value is -1.08. The van der Waals surface area contributed by atoms with Crippen LogP contribution in [-0.4, -0.2) is 35.6 Å². The Balaban J connectivity index is 2.98. The van der Waals surface area contributed by atoms with Gasteiger partial charge in [0.25, 0.3) is 0 Å². The van der Waals surface area contributed by atoms with Crippen LogP contribution in [0.15, 0.2) is 10.3 Å². The second kappa shape index (κ2) is 6.58. The van der Waals surface area contributed by atoms with Gasteiger partial charge >= 0.3 is 5.69 Å². The van der Waals surface area contributed by atoms with Crippen molar-refractivity contribution in [2.24, 2.45) is 5.84 Å². The Morgan fingerprint density at radius 3 is 2.60 bits per heavy atom. The highest BCUT2D eigenvalue weighted by molar-refractivity contribution is 7.91. The van der Waals surface area contributed by atoms with Gasteiger partial charge in [0.05, 0.1) is 4.92 Å². The molecule has 2 atom stereocenters. The number of nitrogen functional groups attached to an aromatic ring is 1. The van der Waals surface area contributed by atoms with Crippen molar-refractivity contribution < 1.29 is 17.6 Å². The first kappa shape index (κ1) is 17.0. The molecule has 12 heteroatoms. The Kier molecular flexibility index (Phi) is 5.59. The lowest BCUT2D eigenvalue weighted by Crippen LogP contribution is -2.32. The monoisotopic (exact) mass is 342 g/mol. The highest BCUT2D eigenvalue weighted by Crippen LogP contribution is 2.36. The molecule has 0 radical (unpaired) electrons. The van der Waals surface area contributed by atoms with Crippen LogP contribution in [0.5, 0.6) is 0 Å². The van der Waals surface area contributed by atoms with Gasteiger partial charge in [0, 0.05) is 34.9 Å². The molecule has 1 aromatic rings. The maximum Gasteiger partial charge on any atom is 0.306 e. The van der Waals surface area contributed by atoms with Crippen molar-refractivity contribution in [3.8, 4) is 0 Å². The van der Waals surface area contributed by atoms with Crippen LogP contribution in [0.2, 0.25) is 0 Å². The third-order valence-corrected chi connectivity index (χ3v) is 6.66. The predicted octanol–water partition coefficient (Wildman–Crippen LogP) is -0.0128. The highest BCUT2D eigenvalue weighted by Gasteiger charge is 2.26. The molecule has 4 N–H and O–H groups in total. The molecule has 2 unspecified atom stereocenters. The maximum absolute atomic E-state index is 12.0. The predicted molar refractivity (Wildman–Crippen MR) is 77.5 cm³/mol. The first-order valence-corrected chi connectivity index (χ1v) is 9.18. The summed E-state index contributed by atoms with van der Waals surface area (Å²) >= 11 is 0.651. The van der Waals surface area contributed by atoms with Crippen LogP contribution in [0.25, 0.3) is 0 Å². The quantitative estimate of drug-likeness (QED) is 0.359. The summed E-state index contributed by atoms with van der Waals surface area (Å²) < 4.78 is 37.1. The molecule has 0 amide bonds. The van der Waals surface area contributed by atoms with Crippen LogP contribution in [-0.2, 0) is 20.8 Å². The fourth-order valence-corrected chi connectivity index (χ4v) is 3.98. The van der Waals surface area contributed by atoms with Gasteiger partial charge in [0.1, 0.15) is 4.21 Å². The molecule has 1 aromatic heterocycles. The van der Waals surface area contributed by atoms with E-state index >= 15 is 0 Å². The molecule has 0 aliphatic rings. The topological polar surface area (TPSA) is 144 Å². The van der Waals surface area contributed by atoms with Gasteiger partial charge in [-0.1, -0.05) is 11.3 Å². The van der Waals surface area contributed by atoms with E-state index in [1.54, 1.807) is 6.92 Å². The second-order valence-corrected chi connectivity index (χ2v) is 8.69. The van der Waals surface area contributed by atoms with Gasteiger partial charge in [0.2, 0.25) is 10.0 Å². The number of nitro groups is 1. The van der Waals surface area contributed by atoms with E-state index in [-0.39, 0.29) is 21.0 Å². The van der Waals surface area contributed by atoms with Crippen LogP contribution in [0.1, 0.15) is 6.92 Å². The second-order valence-electron chi connectivity index (χ2n) is 3.84. The average Bonchev–Trinajstić information content (AvgIpc) is 2.80. The van der Waals surface area contributed by atoms with Crippen molar-refractivity contribution in [2.45, 2.75) is 16.4 Å². The number of hydrogen-bond acceptors (Lipinski definition) is 8. The zero-order valence-corrected chi connectivity index (χ0v) is 13.1. The average molecular weight is 342 g/mol. The molecule has 0 aliphatic heterocycles. The van der Waals surface area contributed by atoms with Crippen molar-refractivity contribution >= 4 is 42.8 Å². The van der Waals surface area contributed by atoms with E-state index in [4.69, 9.17) is 5.84 Å². The fraction of sp³-hybridized carbons (Fsp3) is 0.500. The molecule has 1 heterocycles. The summed E-state index contributed by atoms with van der Waals surface area (Å²) in [6, 6.07) is 0.926. The van der Waals surface area contributed by atoms with Crippen molar-refractivity contribution in [1.82, 2.24) is 4.72 Å². The third kappa shape index (κ3) is 3.96. The fourth-order valence-electron chi connectivity index (χ4n) is 1.15. The van der Waals surface area contributed by atoms with Gasteiger partial charge in [-0.3, -0.25) is 14.3 Å². The number of hydrazine groups is 1. The highest BCUT2D eigenvalue weighted by atomic mass is 32.2. The zero-order valence-electron chi connectivity index (χ0n) is 10.7. The third-order valence-electron chi connectivity index (χ3n) is 2.41. The number of sulfonamides is 1. The first-order valence-electron chi connectivity index (χ1n) is 5.25. The number of nitrogens with two attached hydrogens (primary N) is 1. The number of anilines is 1. The normalized spacial score (nSPS) is 14.8. The number of hydrogen-bond donors (Lipinski definition) is 3. The lowest BCUT2D eigenvalue weighted by Gasteiger charge is -2.09. The largest absolute Gasteiger partial charge is 0.310 e. The summed E-state index contributed by atoms with van der Waals surface area (Å²) in [5, 5.41) is 10.3. The Morgan fingerprint density at radius 2 is 2.20 bits per heavy atom. The van der Waals surface area contributed by atoms with Crippen molar-refractivity contribution in [3.05, 3.63) is 16.2 Å². The summed E-state index contributed by atoms with van der Waals surface area (Å²) in [7, 11) is -5.07. The summed E-state index contributed by atoms with van der Waals surface area (Å²) in [5.41, 5.74) is 1.68. The van der Waals surface area contributed by atoms with E-state index in [1.807, 2.05) is 0 Å². The van der Waals surface area contributed by atoms with Crippen molar-refractivity contribution in [3.63, 3.8) is 0 Å². The number of nitrogens with zero attached hydrogens (tertiary/aromatic N) is 1. The van der Waals surface area contributed by atoms with E-state index in [0.29, 0.717) is 11.3 Å². The molecule has 0 aromatic carbocycles. The van der Waals surface area contributed by atoms with Crippen LogP contribution < -0.4 is 16.0 Å². The smallest absolute Gasteiger partial charge is 0.306 e. The standard InChI is InChI=1S/C8H14N4O5S3/c1-5(19(2)15)4-10-20(16,17)7-3-6(12(13)14)8(11-9)18-7/h3,5,10-11H,4,9H2,1-2H3. The molecular formula is C8H14N4O5S3.